The lowest BCUT2D eigenvalue weighted by molar-refractivity contribution is -0.115. The predicted molar refractivity (Wildman–Crippen MR) is 153 cm³/mol. The number of amides is 2. The molecule has 1 aromatic carbocycles. The molecule has 0 spiro atoms. The van der Waals surface area contributed by atoms with Crippen molar-refractivity contribution in [2.75, 3.05) is 24.5 Å². The molecule has 3 aromatic heterocycles. The third kappa shape index (κ3) is 5.33. The molecular formula is C28H26N6O2S2. The summed E-state index contributed by atoms with van der Waals surface area (Å²) in [7, 11) is 0. The summed E-state index contributed by atoms with van der Waals surface area (Å²) in [6, 6.07) is 14.4. The van der Waals surface area contributed by atoms with E-state index in [0.29, 0.717) is 22.5 Å². The average Bonchev–Trinajstić information content (AvgIpc) is 3.51. The number of aromatic nitrogens is 3. The number of thiophene rings is 1. The number of benzene rings is 1. The highest BCUT2D eigenvalue weighted by molar-refractivity contribution is 8.18. The van der Waals surface area contributed by atoms with Crippen LogP contribution in [-0.2, 0) is 11.3 Å². The normalized spacial score (nSPS) is 17.5. The maximum Gasteiger partial charge on any atom is 0.290 e. The number of hydrogen-bond donors (Lipinski definition) is 2. The zero-order valence-corrected chi connectivity index (χ0v) is 22.2. The number of fused-ring (bicyclic) bond motifs is 1. The number of imide groups is 1. The fourth-order valence-corrected chi connectivity index (χ4v) is 6.50. The number of carbonyl (C=O) groups excluding carboxylic acids is 2. The Balaban J connectivity index is 1.04. The molecule has 2 N–H and O–H groups in total. The SMILES string of the molecule is O=C1NC(=O)/C(=C/c2ccnc(N3CCC(CNCc4cccnc4-c4csc5ccccc45)CC3)n2)S1. The summed E-state index contributed by atoms with van der Waals surface area (Å²) in [5.41, 5.74) is 4.09. The summed E-state index contributed by atoms with van der Waals surface area (Å²) >= 11 is 2.65. The summed E-state index contributed by atoms with van der Waals surface area (Å²) in [6.07, 6.45) is 7.30. The number of anilines is 1. The first-order chi connectivity index (χ1) is 18.6. The van der Waals surface area contributed by atoms with Crippen molar-refractivity contribution in [1.82, 2.24) is 25.6 Å². The van der Waals surface area contributed by atoms with Crippen molar-refractivity contribution in [2.24, 2.45) is 5.92 Å². The second-order valence-electron chi connectivity index (χ2n) is 9.35. The van der Waals surface area contributed by atoms with Gasteiger partial charge in [0, 0.05) is 53.1 Å². The Bertz CT molecular complexity index is 1530. The van der Waals surface area contributed by atoms with Crippen molar-refractivity contribution in [3.63, 3.8) is 0 Å². The van der Waals surface area contributed by atoms with Crippen LogP contribution in [0, 0.1) is 5.92 Å². The topological polar surface area (TPSA) is 100 Å². The van der Waals surface area contributed by atoms with Crippen molar-refractivity contribution >= 4 is 56.4 Å². The first kappa shape index (κ1) is 24.7. The molecule has 4 aromatic rings. The van der Waals surface area contributed by atoms with Gasteiger partial charge in [-0.25, -0.2) is 9.97 Å². The van der Waals surface area contributed by atoms with Crippen LogP contribution in [-0.4, -0.2) is 45.7 Å². The van der Waals surface area contributed by atoms with Gasteiger partial charge in [-0.3, -0.25) is 19.9 Å². The molecule has 5 heterocycles. The molecule has 0 aliphatic carbocycles. The third-order valence-electron chi connectivity index (χ3n) is 6.86. The highest BCUT2D eigenvalue weighted by Crippen LogP contribution is 2.34. The quantitative estimate of drug-likeness (QED) is 0.312. The van der Waals surface area contributed by atoms with Gasteiger partial charge in [0.25, 0.3) is 11.1 Å². The van der Waals surface area contributed by atoms with Crippen molar-refractivity contribution in [2.45, 2.75) is 19.4 Å². The lowest BCUT2D eigenvalue weighted by Gasteiger charge is -2.32. The zero-order chi connectivity index (χ0) is 25.9. The maximum absolute atomic E-state index is 11.8. The van der Waals surface area contributed by atoms with E-state index in [1.54, 1.807) is 29.7 Å². The van der Waals surface area contributed by atoms with Gasteiger partial charge < -0.3 is 10.2 Å². The molecule has 10 heteroatoms. The smallest absolute Gasteiger partial charge is 0.290 e. The van der Waals surface area contributed by atoms with E-state index >= 15 is 0 Å². The zero-order valence-electron chi connectivity index (χ0n) is 20.6. The Hall–Kier alpha value is -3.60. The molecule has 2 aliphatic heterocycles. The van der Waals surface area contributed by atoms with E-state index in [9.17, 15) is 9.59 Å². The fourth-order valence-electron chi connectivity index (χ4n) is 4.88. The molecule has 192 valence electrons. The second kappa shape index (κ2) is 11.0. The molecule has 0 radical (unpaired) electrons. The molecule has 38 heavy (non-hydrogen) atoms. The van der Waals surface area contributed by atoms with Gasteiger partial charge in [0.05, 0.1) is 16.3 Å². The summed E-state index contributed by atoms with van der Waals surface area (Å²) in [4.78, 5) is 39.6. The van der Waals surface area contributed by atoms with Crippen LogP contribution < -0.4 is 15.5 Å². The molecule has 2 saturated heterocycles. The van der Waals surface area contributed by atoms with E-state index in [4.69, 9.17) is 4.98 Å². The molecule has 2 fully saturated rings. The average molecular weight is 543 g/mol. The van der Waals surface area contributed by atoms with Gasteiger partial charge in [-0.15, -0.1) is 11.3 Å². The van der Waals surface area contributed by atoms with Crippen LogP contribution >= 0.6 is 23.1 Å². The van der Waals surface area contributed by atoms with E-state index in [2.05, 4.69) is 61.2 Å². The van der Waals surface area contributed by atoms with Crippen LogP contribution in [0.2, 0.25) is 0 Å². The molecule has 2 amide bonds. The van der Waals surface area contributed by atoms with E-state index in [1.165, 1.54) is 21.2 Å². The maximum atomic E-state index is 11.8. The van der Waals surface area contributed by atoms with Crippen LogP contribution in [0.25, 0.3) is 27.4 Å². The Morgan fingerprint density at radius 1 is 1.05 bits per heavy atom. The third-order valence-corrected chi connectivity index (χ3v) is 8.63. The first-order valence-corrected chi connectivity index (χ1v) is 14.3. The first-order valence-electron chi connectivity index (χ1n) is 12.6. The molecule has 0 atom stereocenters. The number of hydrogen-bond acceptors (Lipinski definition) is 9. The number of rotatable bonds is 7. The van der Waals surface area contributed by atoms with Gasteiger partial charge >= 0.3 is 0 Å². The number of nitrogens with zero attached hydrogens (tertiary/aromatic N) is 4. The number of nitrogens with one attached hydrogen (secondary N) is 2. The van der Waals surface area contributed by atoms with E-state index in [0.717, 1.165) is 56.5 Å². The highest BCUT2D eigenvalue weighted by Gasteiger charge is 2.26. The number of piperidine rings is 1. The summed E-state index contributed by atoms with van der Waals surface area (Å²) < 4.78 is 1.28. The van der Waals surface area contributed by atoms with Gasteiger partial charge in [-0.05, 0) is 66.9 Å². The van der Waals surface area contributed by atoms with Crippen LogP contribution in [0.5, 0.6) is 0 Å². The van der Waals surface area contributed by atoms with Crippen molar-refractivity contribution in [3.05, 3.63) is 76.4 Å². The monoisotopic (exact) mass is 542 g/mol. The lowest BCUT2D eigenvalue weighted by atomic mass is 9.96. The molecule has 0 unspecified atom stereocenters. The highest BCUT2D eigenvalue weighted by atomic mass is 32.2. The lowest BCUT2D eigenvalue weighted by Crippen LogP contribution is -2.38. The van der Waals surface area contributed by atoms with Crippen LogP contribution in [0.15, 0.2) is 65.1 Å². The standard InChI is InChI=1S/C28H26N6O2S2/c35-26-24(38-28(36)33-26)14-20-7-11-31-27(32-20)34-12-8-18(9-13-34)15-29-16-19-4-3-10-30-25(19)22-17-37-23-6-2-1-5-21(22)23/h1-7,10-11,14,17-18,29H,8-9,12-13,15-16H2,(H,33,35,36)/b24-14-. The summed E-state index contributed by atoms with van der Waals surface area (Å²) in [5.74, 6) is 0.849. The van der Waals surface area contributed by atoms with Crippen molar-refractivity contribution in [3.8, 4) is 11.3 Å². The molecular weight excluding hydrogens is 516 g/mol. The van der Waals surface area contributed by atoms with Gasteiger partial charge in [0.1, 0.15) is 0 Å². The Kier molecular flexibility index (Phi) is 7.17. The molecule has 6 rings (SSSR count). The number of carbonyl (C=O) groups is 2. The predicted octanol–water partition coefficient (Wildman–Crippen LogP) is 5.08. The minimum atomic E-state index is -0.379. The molecule has 0 bridgehead atoms. The number of thioether (sulfide) groups is 1. The van der Waals surface area contributed by atoms with Crippen molar-refractivity contribution in [1.29, 1.82) is 0 Å². The fraction of sp³-hybridized carbons (Fsp3) is 0.250. The van der Waals surface area contributed by atoms with Gasteiger partial charge in [-0.1, -0.05) is 24.3 Å². The Labute approximate surface area is 228 Å². The van der Waals surface area contributed by atoms with Crippen LogP contribution in [0.4, 0.5) is 10.7 Å². The van der Waals surface area contributed by atoms with Gasteiger partial charge in [0.2, 0.25) is 5.95 Å². The molecule has 0 saturated carbocycles. The van der Waals surface area contributed by atoms with Gasteiger partial charge in [-0.2, -0.15) is 0 Å². The van der Waals surface area contributed by atoms with E-state index in [-0.39, 0.29) is 11.1 Å². The number of pyridine rings is 1. The Morgan fingerprint density at radius 2 is 1.92 bits per heavy atom. The van der Waals surface area contributed by atoms with Gasteiger partial charge in [0.15, 0.2) is 0 Å². The minimum Gasteiger partial charge on any atom is -0.341 e. The van der Waals surface area contributed by atoms with E-state index < -0.39 is 0 Å². The second-order valence-corrected chi connectivity index (χ2v) is 11.3. The minimum absolute atomic E-state index is 0.355. The van der Waals surface area contributed by atoms with Crippen molar-refractivity contribution < 1.29 is 9.59 Å². The summed E-state index contributed by atoms with van der Waals surface area (Å²) in [5, 5.41) is 9.05. The van der Waals surface area contributed by atoms with Crippen LogP contribution in [0.1, 0.15) is 24.1 Å². The molecule has 8 nitrogen and oxygen atoms in total. The molecule has 2 aliphatic rings. The summed E-state index contributed by atoms with van der Waals surface area (Å²) in [6.45, 7) is 3.47. The Morgan fingerprint density at radius 3 is 2.76 bits per heavy atom. The van der Waals surface area contributed by atoms with Crippen LogP contribution in [0.3, 0.4) is 0 Å². The largest absolute Gasteiger partial charge is 0.341 e. The van der Waals surface area contributed by atoms with E-state index in [1.807, 2.05) is 12.3 Å².